The van der Waals surface area contributed by atoms with Crippen molar-refractivity contribution in [2.45, 2.75) is 26.4 Å². The number of nitrogens with one attached hydrogen (secondary N) is 1. The lowest BCUT2D eigenvalue weighted by molar-refractivity contribution is -0.125. The molecule has 2 amide bonds. The van der Waals surface area contributed by atoms with Crippen LogP contribution in [-0.2, 0) is 16.1 Å². The van der Waals surface area contributed by atoms with E-state index in [2.05, 4.69) is 15.5 Å². The van der Waals surface area contributed by atoms with Gasteiger partial charge in [0.1, 0.15) is 6.54 Å². The van der Waals surface area contributed by atoms with Crippen LogP contribution in [-0.4, -0.2) is 46.5 Å². The number of rotatable bonds is 4. The van der Waals surface area contributed by atoms with Crippen LogP contribution >= 0.6 is 0 Å². The lowest BCUT2D eigenvalue weighted by Gasteiger charge is -2.33. The zero-order valence-corrected chi connectivity index (χ0v) is 13.8. The largest absolute Gasteiger partial charge is 0.340 e. The van der Waals surface area contributed by atoms with Crippen molar-refractivity contribution in [3.8, 4) is 0 Å². The lowest BCUT2D eigenvalue weighted by atomic mass is 10.1. The van der Waals surface area contributed by atoms with E-state index in [0.717, 1.165) is 0 Å². The Bertz CT molecular complexity index is 773. The predicted octanol–water partition coefficient (Wildman–Crippen LogP) is 1.18. The molecule has 1 aromatic carbocycles. The fraction of sp³-hybridized carbons (Fsp3) is 0.375. The van der Waals surface area contributed by atoms with E-state index < -0.39 is 6.04 Å². The van der Waals surface area contributed by atoms with Gasteiger partial charge in [-0.25, -0.2) is 0 Å². The summed E-state index contributed by atoms with van der Waals surface area (Å²) >= 11 is 0. The number of nitrogens with zero attached hydrogens (tertiary/aromatic N) is 4. The van der Waals surface area contributed by atoms with Crippen LogP contribution < -0.4 is 10.2 Å². The molecule has 1 atom stereocenters. The first kappa shape index (κ1) is 16.1. The van der Waals surface area contributed by atoms with Crippen LogP contribution in [0.15, 0.2) is 28.8 Å². The molecule has 126 valence electrons. The number of amides is 2. The minimum absolute atomic E-state index is 0.00927. The van der Waals surface area contributed by atoms with E-state index in [1.807, 2.05) is 30.1 Å². The molecule has 3 rings (SSSR count). The highest BCUT2D eigenvalue weighted by molar-refractivity contribution is 6.11. The Labute approximate surface area is 139 Å². The molecule has 0 spiro atoms. The summed E-state index contributed by atoms with van der Waals surface area (Å²) in [6.45, 7) is 3.90. The van der Waals surface area contributed by atoms with Crippen LogP contribution in [0.5, 0.6) is 0 Å². The molecule has 2 heterocycles. The molecular weight excluding hydrogens is 310 g/mol. The molecule has 1 aliphatic heterocycles. The van der Waals surface area contributed by atoms with Gasteiger partial charge in [0.05, 0.1) is 24.0 Å². The number of benzene rings is 1. The molecule has 1 N–H and O–H groups in total. The van der Waals surface area contributed by atoms with Crippen molar-refractivity contribution in [3.05, 3.63) is 36.0 Å². The summed E-state index contributed by atoms with van der Waals surface area (Å²) in [4.78, 5) is 32.2. The van der Waals surface area contributed by atoms with Gasteiger partial charge >= 0.3 is 0 Å². The number of carbonyl (C=O) groups is 2. The SMILES string of the molecule is Cc1nc(CN(C)[C@H](C)C(=O)N2CC(=O)Nc3ccccc32)no1. The van der Waals surface area contributed by atoms with Gasteiger partial charge in [0, 0.05) is 6.92 Å². The molecule has 1 aromatic heterocycles. The Morgan fingerprint density at radius 2 is 2.21 bits per heavy atom. The van der Waals surface area contributed by atoms with E-state index >= 15 is 0 Å². The fourth-order valence-electron chi connectivity index (χ4n) is 2.61. The number of para-hydroxylation sites is 2. The summed E-state index contributed by atoms with van der Waals surface area (Å²) in [5, 5.41) is 6.62. The summed E-state index contributed by atoms with van der Waals surface area (Å²) in [6, 6.07) is 6.82. The Hall–Kier alpha value is -2.74. The fourth-order valence-corrected chi connectivity index (χ4v) is 2.61. The number of fused-ring (bicyclic) bond motifs is 1. The maximum atomic E-state index is 12.9. The second-order valence-corrected chi connectivity index (χ2v) is 5.81. The summed E-state index contributed by atoms with van der Waals surface area (Å²) in [5.41, 5.74) is 1.35. The summed E-state index contributed by atoms with van der Waals surface area (Å²) in [7, 11) is 1.81. The number of hydrogen-bond donors (Lipinski definition) is 1. The zero-order chi connectivity index (χ0) is 17.3. The topological polar surface area (TPSA) is 91.6 Å². The number of anilines is 2. The van der Waals surface area contributed by atoms with Crippen molar-refractivity contribution in [3.63, 3.8) is 0 Å². The van der Waals surface area contributed by atoms with Gasteiger partial charge in [-0.2, -0.15) is 4.98 Å². The number of hydrogen-bond acceptors (Lipinski definition) is 6. The molecule has 0 saturated heterocycles. The second kappa shape index (κ2) is 6.40. The third-order valence-electron chi connectivity index (χ3n) is 4.02. The number of carbonyl (C=O) groups excluding carboxylic acids is 2. The van der Waals surface area contributed by atoms with E-state index in [9.17, 15) is 9.59 Å². The highest BCUT2D eigenvalue weighted by Gasteiger charge is 2.31. The first-order valence-electron chi connectivity index (χ1n) is 7.65. The van der Waals surface area contributed by atoms with Crippen LogP contribution in [0.3, 0.4) is 0 Å². The van der Waals surface area contributed by atoms with E-state index in [0.29, 0.717) is 29.6 Å². The second-order valence-electron chi connectivity index (χ2n) is 5.81. The number of aryl methyl sites for hydroxylation is 1. The van der Waals surface area contributed by atoms with Crippen molar-refractivity contribution in [2.75, 3.05) is 23.8 Å². The van der Waals surface area contributed by atoms with Crippen LogP contribution in [0.4, 0.5) is 11.4 Å². The van der Waals surface area contributed by atoms with E-state index in [-0.39, 0.29) is 18.4 Å². The highest BCUT2D eigenvalue weighted by atomic mass is 16.5. The number of likely N-dealkylation sites (N-methyl/N-ethyl adjacent to an activating group) is 1. The van der Waals surface area contributed by atoms with Gasteiger partial charge < -0.3 is 9.84 Å². The van der Waals surface area contributed by atoms with Gasteiger partial charge in [-0.15, -0.1) is 0 Å². The first-order chi connectivity index (χ1) is 11.5. The molecule has 24 heavy (non-hydrogen) atoms. The average molecular weight is 329 g/mol. The molecule has 8 nitrogen and oxygen atoms in total. The van der Waals surface area contributed by atoms with E-state index in [4.69, 9.17) is 4.52 Å². The molecule has 0 saturated carbocycles. The van der Waals surface area contributed by atoms with Crippen molar-refractivity contribution < 1.29 is 14.1 Å². The van der Waals surface area contributed by atoms with Crippen LogP contribution in [0.2, 0.25) is 0 Å². The standard InChI is InChI=1S/C16H19N5O3/c1-10(20(3)8-14-17-11(2)24-19-14)16(23)21-9-15(22)18-12-6-4-5-7-13(12)21/h4-7,10H,8-9H2,1-3H3,(H,18,22)/t10-/m1/s1. The monoisotopic (exact) mass is 329 g/mol. The molecule has 0 aliphatic carbocycles. The summed E-state index contributed by atoms with van der Waals surface area (Å²) in [5.74, 6) is 0.649. The van der Waals surface area contributed by atoms with Gasteiger partial charge in [0.2, 0.25) is 17.7 Å². The molecule has 0 fully saturated rings. The van der Waals surface area contributed by atoms with E-state index in [1.54, 1.807) is 19.9 Å². The molecule has 2 aromatic rings. The van der Waals surface area contributed by atoms with Crippen LogP contribution in [0.1, 0.15) is 18.6 Å². The van der Waals surface area contributed by atoms with Crippen LogP contribution in [0.25, 0.3) is 0 Å². The quantitative estimate of drug-likeness (QED) is 0.906. The third kappa shape index (κ3) is 3.13. The predicted molar refractivity (Wildman–Crippen MR) is 87.4 cm³/mol. The van der Waals surface area contributed by atoms with Gasteiger partial charge in [-0.3, -0.25) is 19.4 Å². The van der Waals surface area contributed by atoms with Crippen molar-refractivity contribution in [2.24, 2.45) is 0 Å². The molecule has 0 unspecified atom stereocenters. The van der Waals surface area contributed by atoms with Crippen molar-refractivity contribution in [1.29, 1.82) is 0 Å². The smallest absolute Gasteiger partial charge is 0.244 e. The maximum absolute atomic E-state index is 12.9. The highest BCUT2D eigenvalue weighted by Crippen LogP contribution is 2.29. The van der Waals surface area contributed by atoms with Crippen LogP contribution in [0, 0.1) is 6.92 Å². The van der Waals surface area contributed by atoms with Gasteiger partial charge in [-0.1, -0.05) is 17.3 Å². The molecule has 1 aliphatic rings. The van der Waals surface area contributed by atoms with E-state index in [1.165, 1.54) is 4.90 Å². The van der Waals surface area contributed by atoms with Crippen molar-refractivity contribution >= 4 is 23.2 Å². The van der Waals surface area contributed by atoms with Gasteiger partial charge in [-0.05, 0) is 26.1 Å². The van der Waals surface area contributed by atoms with Gasteiger partial charge in [0.15, 0.2) is 5.82 Å². The Balaban J connectivity index is 1.77. The van der Waals surface area contributed by atoms with Crippen molar-refractivity contribution in [1.82, 2.24) is 15.0 Å². The molecular formula is C16H19N5O3. The Morgan fingerprint density at radius 3 is 2.92 bits per heavy atom. The molecule has 0 bridgehead atoms. The lowest BCUT2D eigenvalue weighted by Crippen LogP contribution is -2.50. The van der Waals surface area contributed by atoms with Gasteiger partial charge in [0.25, 0.3) is 0 Å². The molecule has 8 heteroatoms. The molecule has 0 radical (unpaired) electrons. The summed E-state index contributed by atoms with van der Waals surface area (Å²) < 4.78 is 4.95. The average Bonchev–Trinajstić information content (AvgIpc) is 2.97. The number of aromatic nitrogens is 2. The third-order valence-corrected chi connectivity index (χ3v) is 4.02. The zero-order valence-electron chi connectivity index (χ0n) is 13.8. The summed E-state index contributed by atoms with van der Waals surface area (Å²) in [6.07, 6.45) is 0. The minimum Gasteiger partial charge on any atom is -0.340 e. The first-order valence-corrected chi connectivity index (χ1v) is 7.65. The minimum atomic E-state index is -0.442. The maximum Gasteiger partial charge on any atom is 0.244 e. The Kier molecular flexibility index (Phi) is 4.30. The Morgan fingerprint density at radius 1 is 1.46 bits per heavy atom. The normalized spacial score (nSPS) is 15.2.